The molecule has 76 valence electrons. The zero-order valence-corrected chi connectivity index (χ0v) is 10.2. The first-order valence-electron chi connectivity index (χ1n) is 3.40. The lowest BCUT2D eigenvalue weighted by Crippen LogP contribution is -2.12. The molecule has 5 heteroatoms. The molecule has 0 aliphatic carbocycles. The van der Waals surface area contributed by atoms with Gasteiger partial charge in [0.1, 0.15) is 0 Å². The van der Waals surface area contributed by atoms with Gasteiger partial charge in [-0.2, -0.15) is 0 Å². The van der Waals surface area contributed by atoms with Crippen LogP contribution in [0.5, 0.6) is 0 Å². The molecule has 0 saturated heterocycles. The molecule has 0 aliphatic heterocycles. The fourth-order valence-corrected chi connectivity index (χ4v) is 1.35. The molecule has 3 nitrogen and oxygen atoms in total. The van der Waals surface area contributed by atoms with Crippen molar-refractivity contribution >= 4 is 26.8 Å². The first kappa shape index (κ1) is 12.0. The van der Waals surface area contributed by atoms with Gasteiger partial charge in [0, 0.05) is 0 Å². The third-order valence-corrected chi connectivity index (χ3v) is 1.91. The van der Waals surface area contributed by atoms with Crippen LogP contribution in [-0.2, 0) is 8.37 Å². The van der Waals surface area contributed by atoms with Crippen LogP contribution in [-0.4, -0.2) is 43.7 Å². The van der Waals surface area contributed by atoms with Crippen molar-refractivity contribution in [1.82, 2.24) is 0 Å². The standard InChI is InChI=1S/C7H18O3S2/c1-11(2,3)9-7(8)10-12(4,5)6/h1-6H3. The van der Waals surface area contributed by atoms with Gasteiger partial charge in [-0.1, -0.05) is 20.6 Å². The zero-order chi connectivity index (χ0) is 9.99. The highest BCUT2D eigenvalue weighted by Gasteiger charge is 2.17. The first-order chi connectivity index (χ1) is 5.10. The molecule has 0 heterocycles. The summed E-state index contributed by atoms with van der Waals surface area (Å²) >= 11 is 0. The molecule has 0 N–H and O–H groups in total. The van der Waals surface area contributed by atoms with Gasteiger partial charge in [0.05, 0.1) is 0 Å². The average Bonchev–Trinajstić information content (AvgIpc) is 1.49. The molecular weight excluding hydrogens is 196 g/mol. The molecule has 0 spiro atoms. The van der Waals surface area contributed by atoms with Crippen LogP contribution in [0.1, 0.15) is 0 Å². The van der Waals surface area contributed by atoms with Crippen LogP contribution in [0, 0.1) is 0 Å². The fraction of sp³-hybridized carbons (Fsp3) is 0.857. The van der Waals surface area contributed by atoms with E-state index < -0.39 is 26.8 Å². The maximum atomic E-state index is 11.1. The summed E-state index contributed by atoms with van der Waals surface area (Å²) in [5.41, 5.74) is 0. The van der Waals surface area contributed by atoms with E-state index in [1.54, 1.807) is 0 Å². The van der Waals surface area contributed by atoms with E-state index in [4.69, 9.17) is 8.37 Å². The summed E-state index contributed by atoms with van der Waals surface area (Å²) in [5, 5.41) is 0. The van der Waals surface area contributed by atoms with Crippen molar-refractivity contribution in [2.75, 3.05) is 37.5 Å². The first-order valence-corrected chi connectivity index (χ1v) is 8.96. The molecule has 0 aromatic rings. The van der Waals surface area contributed by atoms with Crippen LogP contribution in [0.2, 0.25) is 0 Å². The normalized spacial score (nSPS) is 15.2. The van der Waals surface area contributed by atoms with Gasteiger partial charge in [-0.25, -0.2) is 4.79 Å². The Morgan fingerprint density at radius 1 is 0.833 bits per heavy atom. The third kappa shape index (κ3) is 8.07. The lowest BCUT2D eigenvalue weighted by molar-refractivity contribution is 0.165. The minimum absolute atomic E-state index is 0.542. The number of carbonyl (C=O) groups is 1. The van der Waals surface area contributed by atoms with Crippen LogP contribution in [0.3, 0.4) is 0 Å². The summed E-state index contributed by atoms with van der Waals surface area (Å²) in [7, 11) is -2.51. The second-order valence-electron chi connectivity index (χ2n) is 3.87. The Labute approximate surface area is 77.9 Å². The summed E-state index contributed by atoms with van der Waals surface area (Å²) in [5.74, 6) is 0. The quantitative estimate of drug-likeness (QED) is 0.708. The van der Waals surface area contributed by atoms with Gasteiger partial charge in [0.15, 0.2) is 0 Å². The van der Waals surface area contributed by atoms with Crippen LogP contribution in [0.25, 0.3) is 0 Å². The van der Waals surface area contributed by atoms with Crippen molar-refractivity contribution in [2.45, 2.75) is 0 Å². The lowest BCUT2D eigenvalue weighted by Gasteiger charge is -2.29. The van der Waals surface area contributed by atoms with Crippen molar-refractivity contribution in [3.63, 3.8) is 0 Å². The Morgan fingerprint density at radius 3 is 1.25 bits per heavy atom. The molecule has 12 heavy (non-hydrogen) atoms. The predicted molar refractivity (Wildman–Crippen MR) is 58.3 cm³/mol. The second-order valence-corrected chi connectivity index (χ2v) is 11.1. The summed E-state index contributed by atoms with van der Waals surface area (Å²) in [6.07, 6.45) is 10.8. The second kappa shape index (κ2) is 3.79. The largest absolute Gasteiger partial charge is 0.529 e. The van der Waals surface area contributed by atoms with Crippen LogP contribution >= 0.6 is 20.6 Å². The number of hydrogen-bond donors (Lipinski definition) is 0. The summed E-state index contributed by atoms with van der Waals surface area (Å²) in [4.78, 5) is 11.1. The molecule has 0 atom stereocenters. The predicted octanol–water partition coefficient (Wildman–Crippen LogP) is 2.36. The molecule has 0 bridgehead atoms. The fourth-order valence-electron chi connectivity index (χ4n) is 0.422. The minimum atomic E-state index is -1.26. The van der Waals surface area contributed by atoms with E-state index in [0.717, 1.165) is 0 Å². The molecular formula is C7H18O3S2. The molecule has 0 amide bonds. The van der Waals surface area contributed by atoms with Crippen LogP contribution in [0.15, 0.2) is 0 Å². The Morgan fingerprint density at radius 2 is 1.08 bits per heavy atom. The number of carbonyl (C=O) groups excluding carboxylic acids is 1. The third-order valence-electron chi connectivity index (χ3n) is 0.636. The van der Waals surface area contributed by atoms with Crippen molar-refractivity contribution in [1.29, 1.82) is 0 Å². The van der Waals surface area contributed by atoms with Gasteiger partial charge < -0.3 is 8.37 Å². The Kier molecular flexibility index (Phi) is 3.78. The summed E-state index contributed by atoms with van der Waals surface area (Å²) in [6.45, 7) is 0. The maximum absolute atomic E-state index is 11.1. The van der Waals surface area contributed by atoms with Crippen LogP contribution in [0.4, 0.5) is 4.79 Å². The summed E-state index contributed by atoms with van der Waals surface area (Å²) < 4.78 is 10.1. The Bertz CT molecular complexity index is 148. The number of rotatable bonds is 2. The van der Waals surface area contributed by atoms with Gasteiger partial charge in [-0.3, -0.25) is 0 Å². The molecule has 0 unspecified atom stereocenters. The van der Waals surface area contributed by atoms with E-state index in [0.29, 0.717) is 0 Å². The van der Waals surface area contributed by atoms with Crippen LogP contribution < -0.4 is 0 Å². The highest BCUT2D eigenvalue weighted by molar-refractivity contribution is 8.29. The van der Waals surface area contributed by atoms with Crippen molar-refractivity contribution in [2.24, 2.45) is 0 Å². The van der Waals surface area contributed by atoms with Gasteiger partial charge >= 0.3 is 6.16 Å². The van der Waals surface area contributed by atoms with E-state index in [-0.39, 0.29) is 0 Å². The molecule has 0 radical (unpaired) electrons. The van der Waals surface area contributed by atoms with E-state index in [1.807, 2.05) is 37.5 Å². The van der Waals surface area contributed by atoms with Gasteiger partial charge in [-0.05, 0) is 37.5 Å². The highest BCUT2D eigenvalue weighted by atomic mass is 32.3. The van der Waals surface area contributed by atoms with E-state index in [1.165, 1.54) is 0 Å². The van der Waals surface area contributed by atoms with Gasteiger partial charge in [-0.15, -0.1) is 0 Å². The van der Waals surface area contributed by atoms with Crippen molar-refractivity contribution < 1.29 is 13.2 Å². The number of hydrogen-bond acceptors (Lipinski definition) is 3. The monoisotopic (exact) mass is 214 g/mol. The lowest BCUT2D eigenvalue weighted by atomic mass is 11.5. The zero-order valence-electron chi connectivity index (χ0n) is 8.54. The molecule has 0 saturated carbocycles. The molecule has 0 aromatic heterocycles. The van der Waals surface area contributed by atoms with Crippen molar-refractivity contribution in [3.8, 4) is 0 Å². The van der Waals surface area contributed by atoms with E-state index >= 15 is 0 Å². The molecule has 0 aliphatic rings. The molecule has 0 aromatic carbocycles. The molecule has 0 rings (SSSR count). The van der Waals surface area contributed by atoms with Crippen molar-refractivity contribution in [3.05, 3.63) is 0 Å². The highest BCUT2D eigenvalue weighted by Crippen LogP contribution is 2.41. The summed E-state index contributed by atoms with van der Waals surface area (Å²) in [6, 6.07) is 0. The smallest absolute Gasteiger partial charge is 0.384 e. The SMILES string of the molecule is CS(C)(C)OC(=O)OS(C)(C)C. The topological polar surface area (TPSA) is 35.5 Å². The Hall–Kier alpha value is -0.0300. The van der Waals surface area contributed by atoms with E-state index in [2.05, 4.69) is 0 Å². The van der Waals surface area contributed by atoms with Gasteiger partial charge in [0.25, 0.3) is 0 Å². The average molecular weight is 214 g/mol. The maximum Gasteiger partial charge on any atom is 0.529 e. The van der Waals surface area contributed by atoms with Gasteiger partial charge in [0.2, 0.25) is 0 Å². The Balaban J connectivity index is 3.92. The molecule has 0 fully saturated rings. The minimum Gasteiger partial charge on any atom is -0.384 e. The van der Waals surface area contributed by atoms with E-state index in [9.17, 15) is 4.79 Å².